The van der Waals surface area contributed by atoms with E-state index in [4.69, 9.17) is 5.11 Å². The number of hydrogen-bond acceptors (Lipinski definition) is 9. The summed E-state index contributed by atoms with van der Waals surface area (Å²) < 4.78 is 280. The van der Waals surface area contributed by atoms with Crippen molar-refractivity contribution in [3.63, 3.8) is 0 Å². The van der Waals surface area contributed by atoms with Gasteiger partial charge < -0.3 is 5.11 Å². The maximum absolute atomic E-state index is 12.0. The zero-order chi connectivity index (χ0) is 33.8. The van der Waals surface area contributed by atoms with Crippen LogP contribution in [0, 0.1) is 0 Å². The minimum atomic E-state index is -6.85. The predicted molar refractivity (Wildman–Crippen MR) is 81.1 cm³/mol. The molecule has 0 aromatic heterocycles. The SMILES string of the molecule is O=S(=O)(OCC(F)(F)C(F)(F)F)C(F)(F)F.O=S(=O)(OS(=O)(=O)C(F)(F)F)C(F)(F)F.OCC(F)(F)C(F)(F)F. The first-order valence-electron chi connectivity index (χ1n) is 7.52. The van der Waals surface area contributed by atoms with Crippen molar-refractivity contribution in [2.45, 2.75) is 40.7 Å². The average molecular weight is 714 g/mol. The highest BCUT2D eigenvalue weighted by Crippen LogP contribution is 2.37. The lowest BCUT2D eigenvalue weighted by Gasteiger charge is -2.19. The standard InChI is InChI=1S/C4H2F8O3S.C3H3F5O.C2F6O5S2/c5-2(6,3(7,8)9)1-15-16(13,14)4(10,11)12;4-2(5,1-9)3(6,7)8;3-1(4,5)14(9,10)13-15(11,12)2(6,7)8/h1H2;9H,1H2;. The second-order valence-electron chi connectivity index (χ2n) is 5.59. The van der Waals surface area contributed by atoms with Gasteiger partial charge in [-0.15, -0.1) is 3.63 Å². The van der Waals surface area contributed by atoms with Crippen LogP contribution in [-0.4, -0.2) is 84.3 Å². The van der Waals surface area contributed by atoms with Gasteiger partial charge in [-0.2, -0.15) is 109 Å². The fraction of sp³-hybridized carbons (Fsp3) is 1.00. The van der Waals surface area contributed by atoms with Crippen molar-refractivity contribution < 1.29 is 122 Å². The van der Waals surface area contributed by atoms with Gasteiger partial charge in [0, 0.05) is 0 Å². The van der Waals surface area contributed by atoms with Gasteiger partial charge in [-0.25, -0.2) is 0 Å². The van der Waals surface area contributed by atoms with E-state index in [0.29, 0.717) is 0 Å². The summed E-state index contributed by atoms with van der Waals surface area (Å²) in [6.45, 7) is -5.16. The molecule has 0 aromatic carbocycles. The first-order valence-corrected chi connectivity index (χ1v) is 11.7. The molecule has 0 bridgehead atoms. The number of rotatable bonds is 6. The maximum Gasteiger partial charge on any atom is 0.524 e. The summed E-state index contributed by atoms with van der Waals surface area (Å²) in [5.41, 5.74) is -18.6. The van der Waals surface area contributed by atoms with Crippen LogP contribution < -0.4 is 0 Å². The summed E-state index contributed by atoms with van der Waals surface area (Å²) in [7, 11) is -20.2. The highest BCUT2D eigenvalue weighted by atomic mass is 32.3. The molecule has 0 radical (unpaired) electrons. The minimum absolute atomic E-state index is 2.05. The largest absolute Gasteiger partial charge is 0.524 e. The molecule has 1 N–H and O–H groups in total. The fourth-order valence-electron chi connectivity index (χ4n) is 0.585. The van der Waals surface area contributed by atoms with Crippen LogP contribution in [0.5, 0.6) is 0 Å². The summed E-state index contributed by atoms with van der Waals surface area (Å²) in [5.74, 6) is -10.7. The van der Waals surface area contributed by atoms with Gasteiger partial charge >= 0.3 is 71.1 Å². The van der Waals surface area contributed by atoms with Crippen LogP contribution in [0.3, 0.4) is 0 Å². The smallest absolute Gasteiger partial charge is 0.390 e. The molecule has 0 atom stereocenters. The van der Waals surface area contributed by atoms with Crippen LogP contribution in [0.1, 0.15) is 0 Å². The van der Waals surface area contributed by atoms with E-state index >= 15 is 0 Å². The number of halogens is 19. The Hall–Kier alpha value is -1.60. The van der Waals surface area contributed by atoms with Crippen molar-refractivity contribution >= 4 is 30.4 Å². The second-order valence-corrected chi connectivity index (χ2v) is 10.5. The Balaban J connectivity index is -0.000000534. The van der Waals surface area contributed by atoms with Crippen molar-refractivity contribution in [2.75, 3.05) is 13.2 Å². The molecule has 0 aliphatic carbocycles. The van der Waals surface area contributed by atoms with Crippen molar-refractivity contribution in [1.82, 2.24) is 0 Å². The van der Waals surface area contributed by atoms with Crippen molar-refractivity contribution in [1.29, 1.82) is 0 Å². The number of aliphatic hydroxyl groups excluding tert-OH is 1. The molecule has 31 heteroatoms. The van der Waals surface area contributed by atoms with Gasteiger partial charge in [0.1, 0.15) is 13.2 Å². The summed E-state index contributed by atoms with van der Waals surface area (Å²) in [6, 6.07) is 0. The van der Waals surface area contributed by atoms with E-state index in [-0.39, 0.29) is 0 Å². The third-order valence-corrected chi connectivity index (χ3v) is 6.02. The molecule has 40 heavy (non-hydrogen) atoms. The molecule has 9 nitrogen and oxygen atoms in total. The number of hydrogen-bond donors (Lipinski definition) is 1. The fourth-order valence-corrected chi connectivity index (χ4v) is 2.58. The normalized spacial score (nSPS) is 15.0. The molecular weight excluding hydrogens is 709 g/mol. The van der Waals surface area contributed by atoms with Gasteiger partial charge in [0.05, 0.1) is 0 Å². The van der Waals surface area contributed by atoms with E-state index in [9.17, 15) is 109 Å². The Kier molecular flexibility index (Phi) is 13.6. The quantitative estimate of drug-likeness (QED) is 0.246. The van der Waals surface area contributed by atoms with Gasteiger partial charge in [0.15, 0.2) is 0 Å². The van der Waals surface area contributed by atoms with Crippen molar-refractivity contribution in [3.8, 4) is 0 Å². The third kappa shape index (κ3) is 12.9. The third-order valence-electron chi connectivity index (χ3n) is 2.45. The Morgan fingerprint density at radius 3 is 0.850 bits per heavy atom. The van der Waals surface area contributed by atoms with Crippen LogP contribution in [-0.2, 0) is 38.2 Å². The van der Waals surface area contributed by atoms with Crippen molar-refractivity contribution in [3.05, 3.63) is 0 Å². The molecule has 0 saturated carbocycles. The van der Waals surface area contributed by atoms with Crippen molar-refractivity contribution in [2.24, 2.45) is 0 Å². The van der Waals surface area contributed by atoms with E-state index in [0.717, 1.165) is 0 Å². The lowest BCUT2D eigenvalue weighted by Crippen LogP contribution is -2.42. The summed E-state index contributed by atoms with van der Waals surface area (Å²) in [6.07, 6.45) is -11.8. The van der Waals surface area contributed by atoms with E-state index in [1.807, 2.05) is 3.63 Å². The topological polar surface area (TPSA) is 141 Å². The molecule has 0 aliphatic rings. The van der Waals surface area contributed by atoms with E-state index in [2.05, 4.69) is 4.18 Å². The second kappa shape index (κ2) is 12.7. The van der Waals surface area contributed by atoms with Gasteiger partial charge in [0.25, 0.3) is 0 Å². The van der Waals surface area contributed by atoms with Crippen LogP contribution in [0.25, 0.3) is 0 Å². The zero-order valence-corrected chi connectivity index (χ0v) is 19.5. The first kappa shape index (κ1) is 42.9. The average Bonchev–Trinajstić information content (AvgIpc) is 2.62. The Bertz CT molecular complexity index is 1080. The Labute approximate surface area is 206 Å². The summed E-state index contributed by atoms with van der Waals surface area (Å²) >= 11 is 0. The van der Waals surface area contributed by atoms with Crippen LogP contribution in [0.15, 0.2) is 0 Å². The molecule has 246 valence electrons. The Morgan fingerprint density at radius 2 is 0.700 bits per heavy atom. The van der Waals surface area contributed by atoms with E-state index in [1.54, 1.807) is 0 Å². The first-order chi connectivity index (χ1) is 16.7. The van der Waals surface area contributed by atoms with E-state index in [1.165, 1.54) is 0 Å². The Morgan fingerprint density at radius 1 is 0.450 bits per heavy atom. The zero-order valence-electron chi connectivity index (χ0n) is 17.0. The molecule has 0 unspecified atom stereocenters. The predicted octanol–water partition coefficient (Wildman–Crippen LogP) is 3.93. The van der Waals surface area contributed by atoms with Gasteiger partial charge in [-0.1, -0.05) is 0 Å². The molecule has 0 heterocycles. The molecule has 0 spiro atoms. The monoisotopic (exact) mass is 714 g/mol. The lowest BCUT2D eigenvalue weighted by atomic mass is 10.3. The molecule has 0 aromatic rings. The molecule has 0 rings (SSSR count). The summed E-state index contributed by atoms with van der Waals surface area (Å²) in [4.78, 5) is 0. The number of aliphatic hydroxyl groups is 1. The molecule has 0 saturated heterocycles. The number of alkyl halides is 19. The highest BCUT2D eigenvalue weighted by molar-refractivity contribution is 8.00. The molecule has 0 aliphatic heterocycles. The lowest BCUT2D eigenvalue weighted by molar-refractivity contribution is -0.292. The molecule has 0 amide bonds. The summed E-state index contributed by atoms with van der Waals surface area (Å²) in [5, 5.41) is 7.46. The minimum Gasteiger partial charge on any atom is -0.390 e. The van der Waals surface area contributed by atoms with E-state index < -0.39 is 84.3 Å². The van der Waals surface area contributed by atoms with Gasteiger partial charge in [0.2, 0.25) is 0 Å². The molecular formula is C9H5F19O9S3. The highest BCUT2D eigenvalue weighted by Gasteiger charge is 2.60. The van der Waals surface area contributed by atoms with Gasteiger partial charge in [-0.05, 0) is 0 Å². The van der Waals surface area contributed by atoms with Gasteiger partial charge in [-0.3, -0.25) is 4.18 Å². The van der Waals surface area contributed by atoms with Crippen LogP contribution in [0.2, 0.25) is 0 Å². The molecule has 0 fully saturated rings. The van der Waals surface area contributed by atoms with Crippen LogP contribution in [0.4, 0.5) is 83.4 Å². The maximum atomic E-state index is 12.0. The van der Waals surface area contributed by atoms with Crippen LogP contribution >= 0.6 is 0 Å².